The smallest absolute Gasteiger partial charge is 0.338 e. The lowest BCUT2D eigenvalue weighted by atomic mass is 10.0. The van der Waals surface area contributed by atoms with Crippen molar-refractivity contribution in [2.45, 2.75) is 13.0 Å². The first kappa shape index (κ1) is 20.7. The minimum Gasteiger partial charge on any atom is -0.466 e. The Morgan fingerprint density at radius 1 is 1.16 bits per heavy atom. The van der Waals surface area contributed by atoms with Crippen molar-refractivity contribution in [2.75, 3.05) is 7.11 Å². The SMILES string of the molecule is COC(=O)C1=C(C)N=c2sc(=Cc3ccccc3F)c(=O)n2[C@H]1/C=C\c1ccccc1. The lowest BCUT2D eigenvalue weighted by Gasteiger charge is -2.21. The first-order valence-electron chi connectivity index (χ1n) is 9.58. The summed E-state index contributed by atoms with van der Waals surface area (Å²) in [5.41, 5.74) is 1.67. The van der Waals surface area contributed by atoms with Crippen molar-refractivity contribution in [3.63, 3.8) is 0 Å². The Morgan fingerprint density at radius 2 is 1.87 bits per heavy atom. The molecule has 1 aromatic heterocycles. The van der Waals surface area contributed by atoms with E-state index < -0.39 is 17.8 Å². The molecule has 1 aliphatic rings. The van der Waals surface area contributed by atoms with Crippen molar-refractivity contribution >= 4 is 29.5 Å². The molecular formula is C24H19FN2O3S. The second-order valence-corrected chi connectivity index (χ2v) is 7.92. The van der Waals surface area contributed by atoms with Gasteiger partial charge in [0.1, 0.15) is 5.82 Å². The van der Waals surface area contributed by atoms with Crippen molar-refractivity contribution < 1.29 is 13.9 Å². The molecule has 0 radical (unpaired) electrons. The second-order valence-electron chi connectivity index (χ2n) is 6.91. The van der Waals surface area contributed by atoms with Crippen LogP contribution in [0, 0.1) is 5.82 Å². The summed E-state index contributed by atoms with van der Waals surface area (Å²) in [4.78, 5) is 30.7. The van der Waals surface area contributed by atoms with Gasteiger partial charge in [-0.15, -0.1) is 0 Å². The number of methoxy groups -OCH3 is 1. The topological polar surface area (TPSA) is 60.7 Å². The molecule has 0 saturated heterocycles. The van der Waals surface area contributed by atoms with Gasteiger partial charge in [-0.3, -0.25) is 9.36 Å². The highest BCUT2D eigenvalue weighted by Crippen LogP contribution is 2.26. The normalized spacial score (nSPS) is 16.4. The van der Waals surface area contributed by atoms with Gasteiger partial charge in [0.05, 0.1) is 29.0 Å². The average molecular weight is 434 g/mol. The number of carbonyl (C=O) groups excluding carboxylic acids is 1. The molecule has 156 valence electrons. The summed E-state index contributed by atoms with van der Waals surface area (Å²) < 4.78 is 20.9. The maximum absolute atomic E-state index is 14.1. The summed E-state index contributed by atoms with van der Waals surface area (Å²) in [6.45, 7) is 1.71. The van der Waals surface area contributed by atoms with E-state index in [0.29, 0.717) is 26.2 Å². The van der Waals surface area contributed by atoms with Crippen LogP contribution in [0.2, 0.25) is 0 Å². The molecule has 1 aliphatic heterocycles. The van der Waals surface area contributed by atoms with Crippen LogP contribution in [0.5, 0.6) is 0 Å². The fourth-order valence-electron chi connectivity index (χ4n) is 3.42. The van der Waals surface area contributed by atoms with E-state index >= 15 is 0 Å². The first-order chi connectivity index (χ1) is 15.0. The third-order valence-electron chi connectivity index (χ3n) is 4.93. The standard InChI is InChI=1S/C24H19FN2O3S/c1-15-21(23(29)30-2)19(13-12-16-8-4-3-5-9-16)27-22(28)20(31-24(27)26-15)14-17-10-6-7-11-18(17)25/h3-14,19H,1-2H3/b13-12-,20-14?/t19-/m0/s1. The number of nitrogens with zero attached hydrogens (tertiary/aromatic N) is 2. The third-order valence-corrected chi connectivity index (χ3v) is 5.91. The maximum atomic E-state index is 14.1. The van der Waals surface area contributed by atoms with Gasteiger partial charge in [-0.1, -0.05) is 72.0 Å². The molecule has 2 heterocycles. The Bertz CT molecular complexity index is 1380. The number of hydrogen-bond acceptors (Lipinski definition) is 5. The number of benzene rings is 2. The van der Waals surface area contributed by atoms with Crippen LogP contribution in [0.4, 0.5) is 4.39 Å². The van der Waals surface area contributed by atoms with Crippen molar-refractivity contribution in [2.24, 2.45) is 4.99 Å². The van der Waals surface area contributed by atoms with Crippen LogP contribution in [0.3, 0.4) is 0 Å². The highest BCUT2D eigenvalue weighted by Gasteiger charge is 2.30. The van der Waals surface area contributed by atoms with Crippen LogP contribution in [-0.4, -0.2) is 17.6 Å². The lowest BCUT2D eigenvalue weighted by molar-refractivity contribution is -0.136. The zero-order chi connectivity index (χ0) is 22.0. The molecule has 4 rings (SSSR count). The number of esters is 1. The van der Waals surface area contributed by atoms with E-state index in [4.69, 9.17) is 4.74 Å². The Hall–Kier alpha value is -3.58. The highest BCUT2D eigenvalue weighted by atomic mass is 32.1. The molecule has 0 aliphatic carbocycles. The second kappa shape index (κ2) is 8.65. The monoisotopic (exact) mass is 434 g/mol. The largest absolute Gasteiger partial charge is 0.466 e. The number of hydrogen-bond donors (Lipinski definition) is 0. The highest BCUT2D eigenvalue weighted by molar-refractivity contribution is 7.07. The van der Waals surface area contributed by atoms with Crippen molar-refractivity contribution in [1.82, 2.24) is 4.57 Å². The van der Waals surface area contributed by atoms with E-state index in [2.05, 4.69) is 4.99 Å². The van der Waals surface area contributed by atoms with E-state index in [9.17, 15) is 14.0 Å². The quantitative estimate of drug-likeness (QED) is 0.593. The molecule has 7 heteroatoms. The van der Waals surface area contributed by atoms with E-state index in [0.717, 1.165) is 16.9 Å². The van der Waals surface area contributed by atoms with E-state index in [1.165, 1.54) is 23.8 Å². The molecular weight excluding hydrogens is 415 g/mol. The van der Waals surface area contributed by atoms with Crippen LogP contribution in [0.1, 0.15) is 24.1 Å². The molecule has 0 unspecified atom stereocenters. The summed E-state index contributed by atoms with van der Waals surface area (Å²) >= 11 is 1.16. The summed E-state index contributed by atoms with van der Waals surface area (Å²) in [6, 6.07) is 15.1. The molecule has 0 fully saturated rings. The number of thiazole rings is 1. The number of allylic oxidation sites excluding steroid dienone is 2. The van der Waals surface area contributed by atoms with Gasteiger partial charge >= 0.3 is 5.97 Å². The van der Waals surface area contributed by atoms with Crippen LogP contribution in [-0.2, 0) is 9.53 Å². The van der Waals surface area contributed by atoms with Gasteiger partial charge < -0.3 is 4.74 Å². The molecule has 3 aromatic rings. The minimum absolute atomic E-state index is 0.291. The van der Waals surface area contributed by atoms with Gasteiger partial charge in [-0.05, 0) is 24.6 Å². The summed E-state index contributed by atoms with van der Waals surface area (Å²) in [5.74, 6) is -0.965. The van der Waals surface area contributed by atoms with E-state index in [1.807, 2.05) is 36.4 Å². The maximum Gasteiger partial charge on any atom is 0.338 e. The third kappa shape index (κ3) is 4.04. The molecule has 0 bridgehead atoms. The van der Waals surface area contributed by atoms with Gasteiger partial charge in [-0.2, -0.15) is 0 Å². The fraction of sp³-hybridized carbons (Fsp3) is 0.125. The zero-order valence-corrected chi connectivity index (χ0v) is 17.7. The summed E-state index contributed by atoms with van der Waals surface area (Å²) in [7, 11) is 1.30. The van der Waals surface area contributed by atoms with Crippen LogP contribution in [0.25, 0.3) is 12.2 Å². The number of rotatable bonds is 4. The number of ether oxygens (including phenoxy) is 1. The first-order valence-corrected chi connectivity index (χ1v) is 10.4. The van der Waals surface area contributed by atoms with Crippen molar-refractivity contribution in [3.05, 3.63) is 109 Å². The van der Waals surface area contributed by atoms with Gasteiger partial charge in [0, 0.05) is 5.56 Å². The molecule has 2 aromatic carbocycles. The molecule has 0 spiro atoms. The van der Waals surface area contributed by atoms with Crippen molar-refractivity contribution in [3.8, 4) is 0 Å². The van der Waals surface area contributed by atoms with Crippen molar-refractivity contribution in [1.29, 1.82) is 0 Å². The van der Waals surface area contributed by atoms with Gasteiger partial charge in [0.2, 0.25) is 0 Å². The number of aromatic nitrogens is 1. The van der Waals surface area contributed by atoms with Crippen LogP contribution >= 0.6 is 11.3 Å². The molecule has 31 heavy (non-hydrogen) atoms. The number of fused-ring (bicyclic) bond motifs is 1. The Labute approximate surface area is 181 Å². The summed E-state index contributed by atoms with van der Waals surface area (Å²) in [5, 5.41) is 0. The Morgan fingerprint density at radius 3 is 2.58 bits per heavy atom. The number of halogens is 1. The molecule has 0 amide bonds. The van der Waals surface area contributed by atoms with Gasteiger partial charge in [0.25, 0.3) is 5.56 Å². The summed E-state index contributed by atoms with van der Waals surface area (Å²) in [6.07, 6.45) is 5.14. The predicted molar refractivity (Wildman–Crippen MR) is 119 cm³/mol. The average Bonchev–Trinajstić information content (AvgIpc) is 3.08. The fourth-order valence-corrected chi connectivity index (χ4v) is 4.46. The molecule has 5 nitrogen and oxygen atoms in total. The minimum atomic E-state index is -0.688. The zero-order valence-electron chi connectivity index (χ0n) is 16.9. The lowest BCUT2D eigenvalue weighted by Crippen LogP contribution is -2.38. The molecule has 1 atom stereocenters. The molecule has 0 N–H and O–H groups in total. The van der Waals surface area contributed by atoms with E-state index in [-0.39, 0.29) is 5.56 Å². The van der Waals surface area contributed by atoms with Crippen LogP contribution < -0.4 is 14.9 Å². The predicted octanol–water partition coefficient (Wildman–Crippen LogP) is 3.21. The Balaban J connectivity index is 1.90. The molecule has 0 saturated carbocycles. The van der Waals surface area contributed by atoms with Gasteiger partial charge in [0.15, 0.2) is 4.80 Å². The van der Waals surface area contributed by atoms with Gasteiger partial charge in [-0.25, -0.2) is 14.2 Å². The van der Waals surface area contributed by atoms with E-state index in [1.54, 1.807) is 31.2 Å². The Kier molecular flexibility index (Phi) is 5.77. The van der Waals surface area contributed by atoms with Crippen LogP contribution in [0.15, 0.2) is 81.7 Å². The number of carbonyl (C=O) groups is 1.